The molecule has 0 unspecified atom stereocenters. The van der Waals surface area contributed by atoms with E-state index in [9.17, 15) is 4.39 Å². The second kappa shape index (κ2) is 5.70. The van der Waals surface area contributed by atoms with Gasteiger partial charge in [-0.2, -0.15) is 0 Å². The van der Waals surface area contributed by atoms with Crippen LogP contribution in [0.4, 0.5) is 4.39 Å². The maximum Gasteiger partial charge on any atom is 0.495 e. The molecule has 1 rings (SSSR count). The SMILES string of the molecule is COCCOc1cccc(F)c1B(O)O. The molecule has 1 aromatic rings. The van der Waals surface area contributed by atoms with Gasteiger partial charge >= 0.3 is 7.12 Å². The van der Waals surface area contributed by atoms with Crippen molar-refractivity contribution < 1.29 is 23.9 Å². The van der Waals surface area contributed by atoms with Crippen molar-refractivity contribution in [3.63, 3.8) is 0 Å². The largest absolute Gasteiger partial charge is 0.495 e. The van der Waals surface area contributed by atoms with Crippen LogP contribution in [0, 0.1) is 5.82 Å². The zero-order valence-corrected chi connectivity index (χ0v) is 8.31. The molecule has 82 valence electrons. The lowest BCUT2D eigenvalue weighted by molar-refractivity contribution is 0.146. The summed E-state index contributed by atoms with van der Waals surface area (Å²) >= 11 is 0. The Morgan fingerprint density at radius 2 is 2.07 bits per heavy atom. The number of hydrogen-bond acceptors (Lipinski definition) is 4. The quantitative estimate of drug-likeness (QED) is 0.513. The zero-order valence-electron chi connectivity index (χ0n) is 8.31. The molecule has 0 heterocycles. The molecule has 0 aliphatic rings. The van der Waals surface area contributed by atoms with Crippen molar-refractivity contribution >= 4 is 12.6 Å². The topological polar surface area (TPSA) is 58.9 Å². The minimum Gasteiger partial charge on any atom is -0.491 e. The van der Waals surface area contributed by atoms with Gasteiger partial charge in [0.1, 0.15) is 18.2 Å². The first-order chi connectivity index (χ1) is 7.16. The van der Waals surface area contributed by atoms with Crippen LogP contribution in [0.5, 0.6) is 5.75 Å². The summed E-state index contributed by atoms with van der Waals surface area (Å²) in [6.07, 6.45) is 0. The molecule has 0 bridgehead atoms. The Labute approximate surface area is 87.4 Å². The molecular formula is C9H12BFO4. The molecule has 0 fully saturated rings. The fourth-order valence-corrected chi connectivity index (χ4v) is 1.13. The maximum atomic E-state index is 13.2. The lowest BCUT2D eigenvalue weighted by Gasteiger charge is -2.11. The third-order valence-electron chi connectivity index (χ3n) is 1.82. The van der Waals surface area contributed by atoms with Gasteiger partial charge in [0.25, 0.3) is 0 Å². The molecule has 0 radical (unpaired) electrons. The first-order valence-corrected chi connectivity index (χ1v) is 4.43. The van der Waals surface area contributed by atoms with Crippen molar-refractivity contribution in [1.29, 1.82) is 0 Å². The predicted octanol–water partition coefficient (Wildman–Crippen LogP) is -0.469. The van der Waals surface area contributed by atoms with Gasteiger partial charge in [0, 0.05) is 7.11 Å². The van der Waals surface area contributed by atoms with E-state index in [1.807, 2.05) is 0 Å². The average Bonchev–Trinajstić information content (AvgIpc) is 2.17. The molecule has 0 amide bonds. The highest BCUT2D eigenvalue weighted by Crippen LogP contribution is 2.10. The number of ether oxygens (including phenoxy) is 2. The molecule has 4 nitrogen and oxygen atoms in total. The minimum atomic E-state index is -1.89. The average molecular weight is 214 g/mol. The van der Waals surface area contributed by atoms with Crippen LogP contribution in [0.3, 0.4) is 0 Å². The van der Waals surface area contributed by atoms with Gasteiger partial charge in [0.2, 0.25) is 0 Å². The summed E-state index contributed by atoms with van der Waals surface area (Å²) < 4.78 is 23.1. The first-order valence-electron chi connectivity index (χ1n) is 4.43. The monoisotopic (exact) mass is 214 g/mol. The van der Waals surface area contributed by atoms with Crippen LogP contribution in [0.25, 0.3) is 0 Å². The molecule has 2 N–H and O–H groups in total. The highest BCUT2D eigenvalue weighted by atomic mass is 19.1. The summed E-state index contributed by atoms with van der Waals surface area (Å²) in [4.78, 5) is 0. The molecule has 0 aromatic heterocycles. The van der Waals surface area contributed by atoms with Crippen LogP contribution in [0.1, 0.15) is 0 Å². The first kappa shape index (κ1) is 12.0. The Bertz CT molecular complexity index is 319. The van der Waals surface area contributed by atoms with Crippen molar-refractivity contribution in [2.24, 2.45) is 0 Å². The summed E-state index contributed by atoms with van der Waals surface area (Å²) in [7, 11) is -0.375. The summed E-state index contributed by atoms with van der Waals surface area (Å²) in [6.45, 7) is 0.567. The molecular weight excluding hydrogens is 202 g/mol. The van der Waals surface area contributed by atoms with Gasteiger partial charge in [0.05, 0.1) is 12.1 Å². The number of methoxy groups -OCH3 is 1. The summed E-state index contributed by atoms with van der Waals surface area (Å²) in [6, 6.07) is 4.04. The van der Waals surface area contributed by atoms with Gasteiger partial charge < -0.3 is 19.5 Å². The summed E-state index contributed by atoms with van der Waals surface area (Å²) in [5, 5.41) is 17.9. The Hall–Kier alpha value is -1.11. The van der Waals surface area contributed by atoms with E-state index >= 15 is 0 Å². The summed E-state index contributed by atoms with van der Waals surface area (Å²) in [5.41, 5.74) is -0.256. The fraction of sp³-hybridized carbons (Fsp3) is 0.333. The van der Waals surface area contributed by atoms with Crippen LogP contribution >= 0.6 is 0 Å². The third-order valence-corrected chi connectivity index (χ3v) is 1.82. The van der Waals surface area contributed by atoms with E-state index in [2.05, 4.69) is 0 Å². The molecule has 1 aromatic carbocycles. The van der Waals surface area contributed by atoms with Gasteiger partial charge in [0.15, 0.2) is 0 Å². The molecule has 0 spiro atoms. The lowest BCUT2D eigenvalue weighted by Crippen LogP contribution is -2.34. The Kier molecular flexibility index (Phi) is 4.55. The van der Waals surface area contributed by atoms with E-state index in [0.29, 0.717) is 6.61 Å². The second-order valence-corrected chi connectivity index (χ2v) is 2.87. The van der Waals surface area contributed by atoms with Crippen LogP contribution in [-0.4, -0.2) is 37.5 Å². The van der Waals surface area contributed by atoms with Crippen LogP contribution in [-0.2, 0) is 4.74 Å². The van der Waals surface area contributed by atoms with Gasteiger partial charge in [-0.3, -0.25) is 0 Å². The van der Waals surface area contributed by atoms with Crippen LogP contribution in [0.2, 0.25) is 0 Å². The fourth-order valence-electron chi connectivity index (χ4n) is 1.13. The van der Waals surface area contributed by atoms with Crippen molar-refractivity contribution in [1.82, 2.24) is 0 Å². The van der Waals surface area contributed by atoms with Crippen LogP contribution in [0.15, 0.2) is 18.2 Å². The van der Waals surface area contributed by atoms with E-state index in [1.165, 1.54) is 19.2 Å². The lowest BCUT2D eigenvalue weighted by atomic mass is 9.79. The zero-order chi connectivity index (χ0) is 11.3. The van der Waals surface area contributed by atoms with E-state index in [-0.39, 0.29) is 17.8 Å². The molecule has 0 saturated carbocycles. The standard InChI is InChI=1S/C9H12BFO4/c1-14-5-6-15-8-4-2-3-7(11)9(8)10(12)13/h2-4,12-13H,5-6H2,1H3. The van der Waals surface area contributed by atoms with E-state index in [1.54, 1.807) is 0 Å². The molecule has 0 aliphatic carbocycles. The normalized spacial score (nSPS) is 10.1. The van der Waals surface area contributed by atoms with Crippen molar-refractivity contribution in [3.05, 3.63) is 24.0 Å². The minimum absolute atomic E-state index is 0.113. The molecule has 0 aliphatic heterocycles. The highest BCUT2D eigenvalue weighted by molar-refractivity contribution is 6.59. The predicted molar refractivity (Wildman–Crippen MR) is 53.6 cm³/mol. The number of halogens is 1. The van der Waals surface area contributed by atoms with Crippen molar-refractivity contribution in [2.75, 3.05) is 20.3 Å². The van der Waals surface area contributed by atoms with Gasteiger partial charge in [-0.1, -0.05) is 6.07 Å². The van der Waals surface area contributed by atoms with Gasteiger partial charge in [-0.05, 0) is 12.1 Å². The van der Waals surface area contributed by atoms with Crippen molar-refractivity contribution in [3.8, 4) is 5.75 Å². The highest BCUT2D eigenvalue weighted by Gasteiger charge is 2.21. The smallest absolute Gasteiger partial charge is 0.491 e. The molecule has 0 atom stereocenters. The number of benzene rings is 1. The molecule has 6 heteroatoms. The maximum absolute atomic E-state index is 13.2. The third kappa shape index (κ3) is 3.19. The van der Waals surface area contributed by atoms with E-state index < -0.39 is 12.9 Å². The van der Waals surface area contributed by atoms with Crippen LogP contribution < -0.4 is 10.2 Å². The van der Waals surface area contributed by atoms with Gasteiger partial charge in [-0.25, -0.2) is 4.39 Å². The Morgan fingerprint density at radius 1 is 1.33 bits per heavy atom. The second-order valence-electron chi connectivity index (χ2n) is 2.87. The van der Waals surface area contributed by atoms with E-state index in [4.69, 9.17) is 19.5 Å². The summed E-state index contributed by atoms with van der Waals surface area (Å²) in [5.74, 6) is -0.595. The Morgan fingerprint density at radius 3 is 2.67 bits per heavy atom. The van der Waals surface area contributed by atoms with Gasteiger partial charge in [-0.15, -0.1) is 0 Å². The Balaban J connectivity index is 2.81. The molecule has 0 saturated heterocycles. The van der Waals surface area contributed by atoms with Crippen molar-refractivity contribution in [2.45, 2.75) is 0 Å². The number of hydrogen-bond donors (Lipinski definition) is 2. The molecule has 15 heavy (non-hydrogen) atoms. The van der Waals surface area contributed by atoms with E-state index in [0.717, 1.165) is 6.07 Å². The number of rotatable bonds is 5.